The van der Waals surface area contributed by atoms with Crippen molar-refractivity contribution in [1.29, 1.82) is 0 Å². The number of methoxy groups -OCH3 is 2. The third-order valence-electron chi connectivity index (χ3n) is 3.57. The summed E-state index contributed by atoms with van der Waals surface area (Å²) in [5.41, 5.74) is 1.22. The van der Waals surface area contributed by atoms with E-state index in [9.17, 15) is 0 Å². The van der Waals surface area contributed by atoms with Gasteiger partial charge in [-0.2, -0.15) is 0 Å². The van der Waals surface area contributed by atoms with E-state index in [1.165, 1.54) is 5.56 Å². The Morgan fingerprint density at radius 2 is 1.94 bits per heavy atom. The fourth-order valence-corrected chi connectivity index (χ4v) is 2.39. The molecular weight excluding hydrogens is 232 g/mol. The van der Waals surface area contributed by atoms with Crippen molar-refractivity contribution in [3.63, 3.8) is 0 Å². The van der Waals surface area contributed by atoms with Gasteiger partial charge in [0.2, 0.25) is 0 Å². The second-order valence-electron chi connectivity index (χ2n) is 4.67. The number of benzene rings is 1. The maximum absolute atomic E-state index is 8.99. The van der Waals surface area contributed by atoms with Crippen molar-refractivity contribution < 1.29 is 19.3 Å². The molecule has 0 aromatic heterocycles. The van der Waals surface area contributed by atoms with Gasteiger partial charge in [-0.1, -0.05) is 6.07 Å². The summed E-state index contributed by atoms with van der Waals surface area (Å²) in [4.78, 5) is 0. The maximum atomic E-state index is 8.99. The standard InChI is InChI=1S/C14H20O4/c1-16-12-5-4-11(8-13(12)17-2)14(6-3-7-15)9-18-10-14/h4-5,8,15H,3,6-7,9-10H2,1-2H3. The van der Waals surface area contributed by atoms with E-state index >= 15 is 0 Å². The van der Waals surface area contributed by atoms with Crippen molar-refractivity contribution in [1.82, 2.24) is 0 Å². The molecule has 1 aromatic carbocycles. The molecule has 0 atom stereocenters. The average Bonchev–Trinajstić information content (AvgIpc) is 2.37. The molecule has 4 nitrogen and oxygen atoms in total. The smallest absolute Gasteiger partial charge is 0.161 e. The Bertz CT molecular complexity index is 399. The summed E-state index contributed by atoms with van der Waals surface area (Å²) in [5, 5.41) is 8.99. The van der Waals surface area contributed by atoms with E-state index in [2.05, 4.69) is 6.07 Å². The fraction of sp³-hybridized carbons (Fsp3) is 0.571. The first-order valence-electron chi connectivity index (χ1n) is 6.17. The lowest BCUT2D eigenvalue weighted by atomic mass is 9.75. The molecule has 1 aliphatic heterocycles. The van der Waals surface area contributed by atoms with Gasteiger partial charge in [-0.15, -0.1) is 0 Å². The van der Waals surface area contributed by atoms with E-state index in [0.717, 1.165) is 24.3 Å². The van der Waals surface area contributed by atoms with E-state index in [0.29, 0.717) is 13.2 Å². The van der Waals surface area contributed by atoms with Crippen LogP contribution in [0.3, 0.4) is 0 Å². The first-order chi connectivity index (χ1) is 8.75. The molecule has 100 valence electrons. The molecule has 1 fully saturated rings. The minimum atomic E-state index is 0.0300. The topological polar surface area (TPSA) is 47.9 Å². The molecule has 0 unspecified atom stereocenters. The van der Waals surface area contributed by atoms with Crippen molar-refractivity contribution in [2.75, 3.05) is 34.0 Å². The van der Waals surface area contributed by atoms with Crippen LogP contribution in [0.1, 0.15) is 18.4 Å². The molecule has 0 radical (unpaired) electrons. The zero-order chi connectivity index (χ0) is 13.0. The molecule has 0 amide bonds. The second-order valence-corrected chi connectivity index (χ2v) is 4.67. The van der Waals surface area contributed by atoms with Crippen LogP contribution in [0.2, 0.25) is 0 Å². The number of hydrogen-bond donors (Lipinski definition) is 1. The van der Waals surface area contributed by atoms with Crippen molar-refractivity contribution in [2.24, 2.45) is 0 Å². The van der Waals surface area contributed by atoms with Gasteiger partial charge in [0, 0.05) is 12.0 Å². The molecule has 2 rings (SSSR count). The molecule has 0 spiro atoms. The van der Waals surface area contributed by atoms with Crippen molar-refractivity contribution in [3.8, 4) is 11.5 Å². The van der Waals surface area contributed by atoms with E-state index in [1.807, 2.05) is 12.1 Å². The van der Waals surface area contributed by atoms with Crippen LogP contribution >= 0.6 is 0 Å². The molecule has 1 N–H and O–H groups in total. The van der Waals surface area contributed by atoms with Gasteiger partial charge < -0.3 is 19.3 Å². The SMILES string of the molecule is COc1ccc(C2(CCCO)COC2)cc1OC. The summed E-state index contributed by atoms with van der Waals surface area (Å²) in [6.45, 7) is 1.64. The predicted molar refractivity (Wildman–Crippen MR) is 68.4 cm³/mol. The highest BCUT2D eigenvalue weighted by molar-refractivity contribution is 5.45. The number of ether oxygens (including phenoxy) is 3. The Morgan fingerprint density at radius 3 is 2.44 bits per heavy atom. The normalized spacial score (nSPS) is 17.1. The Hall–Kier alpha value is -1.26. The van der Waals surface area contributed by atoms with Gasteiger partial charge in [0.1, 0.15) is 0 Å². The molecule has 18 heavy (non-hydrogen) atoms. The van der Waals surface area contributed by atoms with Crippen LogP contribution in [0.4, 0.5) is 0 Å². The largest absolute Gasteiger partial charge is 0.493 e. The van der Waals surface area contributed by atoms with Crippen LogP contribution in [0, 0.1) is 0 Å². The molecule has 1 saturated heterocycles. The second kappa shape index (κ2) is 5.59. The summed E-state index contributed by atoms with van der Waals surface area (Å²) in [5.74, 6) is 1.48. The van der Waals surface area contributed by atoms with Crippen LogP contribution in [0.25, 0.3) is 0 Å². The Kier molecular flexibility index (Phi) is 4.09. The van der Waals surface area contributed by atoms with Crippen molar-refractivity contribution in [2.45, 2.75) is 18.3 Å². The van der Waals surface area contributed by atoms with Gasteiger partial charge in [0.15, 0.2) is 11.5 Å². The lowest BCUT2D eigenvalue weighted by Crippen LogP contribution is -2.46. The predicted octanol–water partition coefficient (Wildman–Crippen LogP) is 1.74. The van der Waals surface area contributed by atoms with Crippen LogP contribution in [-0.4, -0.2) is 39.1 Å². The van der Waals surface area contributed by atoms with Crippen LogP contribution in [-0.2, 0) is 10.2 Å². The lowest BCUT2D eigenvalue weighted by molar-refractivity contribution is -0.0665. The van der Waals surface area contributed by atoms with Gasteiger partial charge in [-0.3, -0.25) is 0 Å². The zero-order valence-electron chi connectivity index (χ0n) is 10.9. The van der Waals surface area contributed by atoms with Gasteiger partial charge in [0.25, 0.3) is 0 Å². The van der Waals surface area contributed by atoms with Gasteiger partial charge in [-0.05, 0) is 30.5 Å². The highest BCUT2D eigenvalue weighted by Gasteiger charge is 2.40. The highest BCUT2D eigenvalue weighted by atomic mass is 16.5. The van der Waals surface area contributed by atoms with Gasteiger partial charge >= 0.3 is 0 Å². The molecular formula is C14H20O4. The third-order valence-corrected chi connectivity index (χ3v) is 3.57. The summed E-state index contributed by atoms with van der Waals surface area (Å²) in [6, 6.07) is 5.99. The molecule has 1 heterocycles. The third kappa shape index (κ3) is 2.31. The van der Waals surface area contributed by atoms with Crippen LogP contribution in [0.15, 0.2) is 18.2 Å². The van der Waals surface area contributed by atoms with Gasteiger partial charge in [0.05, 0.1) is 27.4 Å². The van der Waals surface area contributed by atoms with Crippen LogP contribution < -0.4 is 9.47 Å². The molecule has 1 aliphatic rings. The average molecular weight is 252 g/mol. The molecule has 0 aliphatic carbocycles. The number of aliphatic hydroxyl groups is 1. The summed E-state index contributed by atoms with van der Waals surface area (Å²) in [6.07, 6.45) is 1.72. The summed E-state index contributed by atoms with van der Waals surface area (Å²) in [7, 11) is 3.27. The number of hydrogen-bond acceptors (Lipinski definition) is 4. The van der Waals surface area contributed by atoms with Crippen molar-refractivity contribution in [3.05, 3.63) is 23.8 Å². The van der Waals surface area contributed by atoms with Gasteiger partial charge in [-0.25, -0.2) is 0 Å². The lowest BCUT2D eigenvalue weighted by Gasteiger charge is -2.42. The van der Waals surface area contributed by atoms with Crippen LogP contribution in [0.5, 0.6) is 11.5 Å². The Labute approximate surface area is 107 Å². The minimum absolute atomic E-state index is 0.0300. The molecule has 4 heteroatoms. The number of aliphatic hydroxyl groups excluding tert-OH is 1. The zero-order valence-corrected chi connectivity index (χ0v) is 10.9. The van der Waals surface area contributed by atoms with E-state index in [-0.39, 0.29) is 12.0 Å². The molecule has 0 saturated carbocycles. The Balaban J connectivity index is 2.25. The van der Waals surface area contributed by atoms with E-state index in [4.69, 9.17) is 19.3 Å². The van der Waals surface area contributed by atoms with E-state index in [1.54, 1.807) is 14.2 Å². The first-order valence-corrected chi connectivity index (χ1v) is 6.17. The number of rotatable bonds is 6. The quantitative estimate of drug-likeness (QED) is 0.838. The maximum Gasteiger partial charge on any atom is 0.161 e. The van der Waals surface area contributed by atoms with Crippen molar-refractivity contribution >= 4 is 0 Å². The summed E-state index contributed by atoms with van der Waals surface area (Å²) < 4.78 is 15.9. The Morgan fingerprint density at radius 1 is 1.22 bits per heavy atom. The monoisotopic (exact) mass is 252 g/mol. The highest BCUT2D eigenvalue weighted by Crippen LogP contribution is 2.40. The molecule has 1 aromatic rings. The molecule has 0 bridgehead atoms. The first kappa shape index (κ1) is 13.2. The fourth-order valence-electron chi connectivity index (χ4n) is 2.39. The summed E-state index contributed by atoms with van der Waals surface area (Å²) >= 11 is 0. The van der Waals surface area contributed by atoms with E-state index < -0.39 is 0 Å². The minimum Gasteiger partial charge on any atom is -0.493 e.